The van der Waals surface area contributed by atoms with Crippen molar-refractivity contribution < 1.29 is 14.5 Å². The Labute approximate surface area is 136 Å². The highest BCUT2D eigenvalue weighted by atomic mass is 35.5. The van der Waals surface area contributed by atoms with E-state index in [0.29, 0.717) is 22.9 Å². The number of hydrogen-bond acceptors (Lipinski definition) is 5. The van der Waals surface area contributed by atoms with Crippen LogP contribution in [0.15, 0.2) is 36.4 Å². The number of hydrogen-bond donors (Lipinski definition) is 2. The van der Waals surface area contributed by atoms with Crippen LogP contribution >= 0.6 is 11.6 Å². The lowest BCUT2D eigenvalue weighted by atomic mass is 10.1. The zero-order valence-corrected chi connectivity index (χ0v) is 12.6. The van der Waals surface area contributed by atoms with E-state index < -0.39 is 4.92 Å². The summed E-state index contributed by atoms with van der Waals surface area (Å²) < 4.78 is 5.20. The smallest absolute Gasteiger partial charge is 0.296 e. The molecule has 1 amide bonds. The van der Waals surface area contributed by atoms with Gasteiger partial charge < -0.3 is 15.4 Å². The molecular weight excluding hydrogens is 322 g/mol. The highest BCUT2D eigenvalue weighted by Crippen LogP contribution is 2.38. The number of nitrogens with one attached hydrogen (secondary N) is 2. The van der Waals surface area contributed by atoms with E-state index in [9.17, 15) is 14.9 Å². The summed E-state index contributed by atoms with van der Waals surface area (Å²) in [5, 5.41) is 17.4. The number of anilines is 2. The van der Waals surface area contributed by atoms with Gasteiger partial charge in [-0.2, -0.15) is 0 Å². The molecule has 1 aliphatic heterocycles. The SMILES string of the molecule is O=C1COc2cc([N+](=O)[O-])c(NCc3cccc(Cl)c3)cc2N1. The van der Waals surface area contributed by atoms with Gasteiger partial charge in [-0.3, -0.25) is 14.9 Å². The summed E-state index contributed by atoms with van der Waals surface area (Å²) in [6.07, 6.45) is 0. The fourth-order valence-electron chi connectivity index (χ4n) is 2.25. The molecule has 8 heteroatoms. The van der Waals surface area contributed by atoms with Crippen LogP contribution in [0.3, 0.4) is 0 Å². The van der Waals surface area contributed by atoms with E-state index in [1.807, 2.05) is 6.07 Å². The number of benzene rings is 2. The van der Waals surface area contributed by atoms with Crippen LogP contribution in [0.5, 0.6) is 5.75 Å². The molecule has 0 spiro atoms. The Morgan fingerprint density at radius 2 is 2.17 bits per heavy atom. The number of ether oxygens (including phenoxy) is 1. The van der Waals surface area contributed by atoms with E-state index in [4.69, 9.17) is 16.3 Å². The number of nitro benzene ring substituents is 1. The van der Waals surface area contributed by atoms with Crippen molar-refractivity contribution in [3.05, 3.63) is 57.1 Å². The van der Waals surface area contributed by atoms with Crippen molar-refractivity contribution in [3.63, 3.8) is 0 Å². The largest absolute Gasteiger partial charge is 0.481 e. The minimum Gasteiger partial charge on any atom is -0.481 e. The van der Waals surface area contributed by atoms with Crippen molar-refractivity contribution in [2.45, 2.75) is 6.54 Å². The molecule has 7 nitrogen and oxygen atoms in total. The van der Waals surface area contributed by atoms with Gasteiger partial charge in [-0.15, -0.1) is 0 Å². The van der Waals surface area contributed by atoms with Gasteiger partial charge in [0.05, 0.1) is 16.7 Å². The Morgan fingerprint density at radius 3 is 2.91 bits per heavy atom. The minimum absolute atomic E-state index is 0.123. The van der Waals surface area contributed by atoms with Gasteiger partial charge in [-0.1, -0.05) is 23.7 Å². The van der Waals surface area contributed by atoms with Crippen molar-refractivity contribution >= 4 is 34.6 Å². The maximum absolute atomic E-state index is 11.4. The van der Waals surface area contributed by atoms with Gasteiger partial charge in [0.15, 0.2) is 12.4 Å². The third kappa shape index (κ3) is 3.35. The number of fused-ring (bicyclic) bond motifs is 1. The second-order valence-electron chi connectivity index (χ2n) is 4.94. The first-order valence-corrected chi connectivity index (χ1v) is 7.14. The lowest BCUT2D eigenvalue weighted by molar-refractivity contribution is -0.384. The lowest BCUT2D eigenvalue weighted by Gasteiger charge is -2.19. The lowest BCUT2D eigenvalue weighted by Crippen LogP contribution is -2.25. The molecule has 1 heterocycles. The predicted octanol–water partition coefficient (Wildman–Crippen LogP) is 3.19. The normalized spacial score (nSPS) is 12.8. The molecule has 118 valence electrons. The monoisotopic (exact) mass is 333 g/mol. The first-order chi connectivity index (χ1) is 11.0. The first kappa shape index (κ1) is 15.1. The quantitative estimate of drug-likeness (QED) is 0.662. The van der Waals surface area contributed by atoms with Gasteiger partial charge in [0.1, 0.15) is 5.69 Å². The highest BCUT2D eigenvalue weighted by Gasteiger charge is 2.23. The van der Waals surface area contributed by atoms with E-state index in [1.165, 1.54) is 12.1 Å². The molecule has 0 saturated heterocycles. The summed E-state index contributed by atoms with van der Waals surface area (Å²) in [5.74, 6) is -0.0169. The summed E-state index contributed by atoms with van der Waals surface area (Å²) in [7, 11) is 0. The van der Waals surface area contributed by atoms with Crippen molar-refractivity contribution in [2.24, 2.45) is 0 Å². The molecule has 0 unspecified atom stereocenters. The first-order valence-electron chi connectivity index (χ1n) is 6.76. The fourth-order valence-corrected chi connectivity index (χ4v) is 2.47. The number of carbonyl (C=O) groups is 1. The molecule has 2 aromatic carbocycles. The number of halogens is 1. The van der Waals surface area contributed by atoms with Gasteiger partial charge in [0.2, 0.25) is 0 Å². The number of nitro groups is 1. The summed E-state index contributed by atoms with van der Waals surface area (Å²) >= 11 is 5.92. The molecule has 0 saturated carbocycles. The molecule has 23 heavy (non-hydrogen) atoms. The molecule has 2 aromatic rings. The van der Waals surface area contributed by atoms with E-state index in [0.717, 1.165) is 5.56 Å². The molecule has 1 aliphatic rings. The van der Waals surface area contributed by atoms with Gasteiger partial charge in [-0.05, 0) is 23.8 Å². The molecule has 0 bridgehead atoms. The number of amides is 1. The number of carbonyl (C=O) groups excluding carboxylic acids is 1. The van der Waals surface area contributed by atoms with Crippen LogP contribution in [0.2, 0.25) is 5.02 Å². The molecule has 0 aliphatic carbocycles. The second-order valence-corrected chi connectivity index (χ2v) is 5.38. The fraction of sp³-hybridized carbons (Fsp3) is 0.133. The van der Waals surface area contributed by atoms with Crippen LogP contribution in [-0.2, 0) is 11.3 Å². The Morgan fingerprint density at radius 1 is 1.35 bits per heavy atom. The molecule has 0 atom stereocenters. The van der Waals surface area contributed by atoms with Gasteiger partial charge >= 0.3 is 0 Å². The summed E-state index contributed by atoms with van der Waals surface area (Å²) in [6.45, 7) is 0.203. The predicted molar refractivity (Wildman–Crippen MR) is 86.0 cm³/mol. The number of nitrogens with zero attached hydrogens (tertiary/aromatic N) is 1. The standard InChI is InChI=1S/C15H12ClN3O4/c16-10-3-1-2-9(4-10)7-17-11-5-12-14(6-13(11)19(21)22)23-8-15(20)18-12/h1-6,17H,7-8H2,(H,18,20). The zero-order valence-electron chi connectivity index (χ0n) is 11.8. The Bertz CT molecular complexity index is 794. The summed E-state index contributed by atoms with van der Waals surface area (Å²) in [6, 6.07) is 9.97. The molecule has 3 rings (SSSR count). The van der Waals surface area contributed by atoms with E-state index in [-0.39, 0.29) is 24.0 Å². The third-order valence-electron chi connectivity index (χ3n) is 3.30. The summed E-state index contributed by atoms with van der Waals surface area (Å²) in [5.41, 5.74) is 1.45. The summed E-state index contributed by atoms with van der Waals surface area (Å²) in [4.78, 5) is 22.1. The maximum atomic E-state index is 11.4. The average Bonchev–Trinajstić information content (AvgIpc) is 2.52. The molecule has 2 N–H and O–H groups in total. The minimum atomic E-state index is -0.500. The van der Waals surface area contributed by atoms with E-state index in [2.05, 4.69) is 10.6 Å². The van der Waals surface area contributed by atoms with Crippen LogP contribution in [-0.4, -0.2) is 17.4 Å². The zero-order chi connectivity index (χ0) is 16.4. The second kappa shape index (κ2) is 6.13. The van der Waals surface area contributed by atoms with Gasteiger partial charge in [0.25, 0.3) is 11.6 Å². The van der Waals surface area contributed by atoms with Gasteiger partial charge in [-0.25, -0.2) is 0 Å². The third-order valence-corrected chi connectivity index (χ3v) is 3.53. The highest BCUT2D eigenvalue weighted by molar-refractivity contribution is 6.30. The van der Waals surface area contributed by atoms with Crippen LogP contribution in [0.4, 0.5) is 17.1 Å². The van der Waals surface area contributed by atoms with E-state index in [1.54, 1.807) is 18.2 Å². The Hall–Kier alpha value is -2.80. The van der Waals surface area contributed by atoms with Crippen LogP contribution < -0.4 is 15.4 Å². The average molecular weight is 334 g/mol. The molecule has 0 fully saturated rings. The van der Waals surface area contributed by atoms with Crippen LogP contribution in [0.1, 0.15) is 5.56 Å². The molecule has 0 aromatic heterocycles. The topological polar surface area (TPSA) is 93.5 Å². The Balaban J connectivity index is 1.89. The van der Waals surface area contributed by atoms with Crippen molar-refractivity contribution in [1.29, 1.82) is 0 Å². The Kier molecular flexibility index (Phi) is 4.03. The maximum Gasteiger partial charge on any atom is 0.296 e. The van der Waals surface area contributed by atoms with Crippen molar-refractivity contribution in [2.75, 3.05) is 17.2 Å². The van der Waals surface area contributed by atoms with Crippen molar-refractivity contribution in [1.82, 2.24) is 0 Å². The van der Waals surface area contributed by atoms with Crippen molar-refractivity contribution in [3.8, 4) is 5.75 Å². The van der Waals surface area contributed by atoms with Gasteiger partial charge in [0, 0.05) is 11.6 Å². The molecule has 0 radical (unpaired) electrons. The number of rotatable bonds is 4. The van der Waals surface area contributed by atoms with E-state index >= 15 is 0 Å². The van der Waals surface area contributed by atoms with Crippen LogP contribution in [0.25, 0.3) is 0 Å². The van der Waals surface area contributed by atoms with Crippen LogP contribution in [0, 0.1) is 10.1 Å². The molecular formula is C15H12ClN3O4.